The maximum absolute atomic E-state index is 9.21. The van der Waals surface area contributed by atoms with Crippen LogP contribution in [0.1, 0.15) is 19.4 Å². The monoisotopic (exact) mass is 331 g/mol. The van der Waals surface area contributed by atoms with Crippen LogP contribution in [-0.2, 0) is 6.54 Å². The molecule has 0 saturated carbocycles. The van der Waals surface area contributed by atoms with Crippen LogP contribution >= 0.6 is 15.9 Å². The molecule has 5 heteroatoms. The molecule has 19 heavy (non-hydrogen) atoms. The standard InChI is InChI=1S/C14H22BrNO3/c1-14(2,9-17)8-16-7-10-5-12(18-3)13(19-4)6-11(10)15/h5-6,16-17H,7-9H2,1-4H3. The van der Waals surface area contributed by atoms with E-state index in [4.69, 9.17) is 9.47 Å². The van der Waals surface area contributed by atoms with E-state index >= 15 is 0 Å². The molecule has 0 aliphatic rings. The molecule has 108 valence electrons. The summed E-state index contributed by atoms with van der Waals surface area (Å²) < 4.78 is 11.5. The number of aliphatic hydroxyl groups is 1. The molecular weight excluding hydrogens is 310 g/mol. The summed E-state index contributed by atoms with van der Waals surface area (Å²) in [6.07, 6.45) is 0. The Labute approximate surface area is 123 Å². The highest BCUT2D eigenvalue weighted by Gasteiger charge is 2.16. The van der Waals surface area contributed by atoms with E-state index < -0.39 is 0 Å². The molecule has 0 spiro atoms. The molecule has 1 aromatic carbocycles. The number of hydrogen-bond donors (Lipinski definition) is 2. The van der Waals surface area contributed by atoms with Crippen molar-refractivity contribution < 1.29 is 14.6 Å². The van der Waals surface area contributed by atoms with E-state index in [0.29, 0.717) is 18.0 Å². The van der Waals surface area contributed by atoms with E-state index in [1.807, 2.05) is 26.0 Å². The van der Waals surface area contributed by atoms with Gasteiger partial charge in [-0.1, -0.05) is 29.8 Å². The number of ether oxygens (including phenoxy) is 2. The molecule has 0 aliphatic heterocycles. The first kappa shape index (κ1) is 16.3. The Balaban J connectivity index is 2.73. The van der Waals surface area contributed by atoms with Crippen LogP contribution in [0.15, 0.2) is 16.6 Å². The third kappa shape index (κ3) is 4.67. The highest BCUT2D eigenvalue weighted by molar-refractivity contribution is 9.10. The van der Waals surface area contributed by atoms with Gasteiger partial charge in [0.1, 0.15) is 0 Å². The van der Waals surface area contributed by atoms with Gasteiger partial charge in [-0.05, 0) is 17.7 Å². The van der Waals surface area contributed by atoms with Crippen molar-refractivity contribution in [2.45, 2.75) is 20.4 Å². The molecule has 0 saturated heterocycles. The number of rotatable bonds is 7. The average molecular weight is 332 g/mol. The SMILES string of the molecule is COc1cc(Br)c(CNCC(C)(C)CO)cc1OC. The van der Waals surface area contributed by atoms with Crippen LogP contribution in [0.25, 0.3) is 0 Å². The van der Waals surface area contributed by atoms with Crippen molar-refractivity contribution in [1.29, 1.82) is 0 Å². The smallest absolute Gasteiger partial charge is 0.161 e. The molecule has 1 rings (SSSR count). The van der Waals surface area contributed by atoms with E-state index in [1.54, 1.807) is 14.2 Å². The zero-order valence-corrected chi connectivity index (χ0v) is 13.5. The Kier molecular flexibility index (Phi) is 6.10. The van der Waals surface area contributed by atoms with Crippen molar-refractivity contribution >= 4 is 15.9 Å². The number of benzene rings is 1. The highest BCUT2D eigenvalue weighted by Crippen LogP contribution is 2.33. The van der Waals surface area contributed by atoms with Crippen molar-refractivity contribution in [2.24, 2.45) is 5.41 Å². The molecule has 4 nitrogen and oxygen atoms in total. The number of halogens is 1. The molecule has 0 radical (unpaired) electrons. The number of nitrogens with one attached hydrogen (secondary N) is 1. The largest absolute Gasteiger partial charge is 0.493 e. The van der Waals surface area contributed by atoms with E-state index in [2.05, 4.69) is 21.2 Å². The van der Waals surface area contributed by atoms with E-state index in [1.165, 1.54) is 0 Å². The minimum absolute atomic E-state index is 0.122. The fourth-order valence-electron chi connectivity index (χ4n) is 1.62. The fourth-order valence-corrected chi connectivity index (χ4v) is 2.09. The van der Waals surface area contributed by atoms with Crippen LogP contribution < -0.4 is 14.8 Å². The van der Waals surface area contributed by atoms with Crippen LogP contribution in [0.4, 0.5) is 0 Å². The second kappa shape index (κ2) is 7.12. The van der Waals surface area contributed by atoms with Gasteiger partial charge in [0.15, 0.2) is 11.5 Å². The minimum atomic E-state index is -0.122. The first-order valence-electron chi connectivity index (χ1n) is 6.15. The van der Waals surface area contributed by atoms with Crippen molar-refractivity contribution in [1.82, 2.24) is 5.32 Å². The molecule has 0 amide bonds. The second-order valence-electron chi connectivity index (χ2n) is 5.22. The van der Waals surface area contributed by atoms with Crippen molar-refractivity contribution in [3.05, 3.63) is 22.2 Å². The Morgan fingerprint density at radius 3 is 2.32 bits per heavy atom. The van der Waals surface area contributed by atoms with E-state index in [9.17, 15) is 5.11 Å². The van der Waals surface area contributed by atoms with Gasteiger partial charge in [-0.15, -0.1) is 0 Å². The summed E-state index contributed by atoms with van der Waals surface area (Å²) in [6.45, 7) is 5.63. The third-order valence-corrected chi connectivity index (χ3v) is 3.64. The van der Waals surface area contributed by atoms with Gasteiger partial charge in [-0.25, -0.2) is 0 Å². The summed E-state index contributed by atoms with van der Waals surface area (Å²) in [5, 5.41) is 12.5. The van der Waals surface area contributed by atoms with Crippen LogP contribution in [0, 0.1) is 5.41 Å². The van der Waals surface area contributed by atoms with Gasteiger partial charge in [-0.3, -0.25) is 0 Å². The van der Waals surface area contributed by atoms with Crippen LogP contribution in [0.3, 0.4) is 0 Å². The van der Waals surface area contributed by atoms with Crippen molar-refractivity contribution in [3.63, 3.8) is 0 Å². The summed E-state index contributed by atoms with van der Waals surface area (Å²) in [5.41, 5.74) is 0.967. The van der Waals surface area contributed by atoms with Gasteiger partial charge < -0.3 is 19.9 Å². The second-order valence-corrected chi connectivity index (χ2v) is 6.08. The van der Waals surface area contributed by atoms with Crippen LogP contribution in [0.2, 0.25) is 0 Å². The lowest BCUT2D eigenvalue weighted by atomic mass is 9.95. The Hall–Kier alpha value is -0.780. The van der Waals surface area contributed by atoms with Crippen LogP contribution in [0.5, 0.6) is 11.5 Å². The van der Waals surface area contributed by atoms with Gasteiger partial charge in [-0.2, -0.15) is 0 Å². The van der Waals surface area contributed by atoms with Gasteiger partial charge in [0, 0.05) is 29.6 Å². The van der Waals surface area contributed by atoms with Crippen LogP contribution in [-0.4, -0.2) is 32.5 Å². The zero-order chi connectivity index (χ0) is 14.5. The number of aliphatic hydroxyl groups excluding tert-OH is 1. The van der Waals surface area contributed by atoms with Gasteiger partial charge >= 0.3 is 0 Å². The predicted octanol–water partition coefficient (Wildman–Crippen LogP) is 2.57. The van der Waals surface area contributed by atoms with Gasteiger partial charge in [0.2, 0.25) is 0 Å². The predicted molar refractivity (Wildman–Crippen MR) is 79.8 cm³/mol. The van der Waals surface area contributed by atoms with E-state index in [0.717, 1.165) is 16.6 Å². The van der Waals surface area contributed by atoms with Crippen molar-refractivity contribution in [3.8, 4) is 11.5 Å². The highest BCUT2D eigenvalue weighted by atomic mass is 79.9. The fraction of sp³-hybridized carbons (Fsp3) is 0.571. The summed E-state index contributed by atoms with van der Waals surface area (Å²) in [4.78, 5) is 0. The number of hydrogen-bond acceptors (Lipinski definition) is 4. The molecule has 0 atom stereocenters. The first-order valence-corrected chi connectivity index (χ1v) is 6.95. The molecule has 0 unspecified atom stereocenters. The summed E-state index contributed by atoms with van der Waals surface area (Å²) in [6, 6.07) is 3.84. The third-order valence-electron chi connectivity index (χ3n) is 2.90. The Bertz CT molecular complexity index is 421. The summed E-state index contributed by atoms with van der Waals surface area (Å²) >= 11 is 3.52. The lowest BCUT2D eigenvalue weighted by Crippen LogP contribution is -2.31. The molecular formula is C14H22BrNO3. The summed E-state index contributed by atoms with van der Waals surface area (Å²) in [5.74, 6) is 1.41. The molecule has 2 N–H and O–H groups in total. The lowest BCUT2D eigenvalue weighted by Gasteiger charge is -2.22. The molecule has 0 aromatic heterocycles. The Morgan fingerprint density at radius 2 is 1.79 bits per heavy atom. The topological polar surface area (TPSA) is 50.7 Å². The molecule has 0 heterocycles. The molecule has 0 bridgehead atoms. The lowest BCUT2D eigenvalue weighted by molar-refractivity contribution is 0.156. The van der Waals surface area contributed by atoms with Gasteiger partial charge in [0.05, 0.1) is 14.2 Å². The maximum atomic E-state index is 9.21. The summed E-state index contributed by atoms with van der Waals surface area (Å²) in [7, 11) is 3.24. The van der Waals surface area contributed by atoms with Crippen molar-refractivity contribution in [2.75, 3.05) is 27.4 Å². The molecule has 0 fully saturated rings. The normalized spacial score (nSPS) is 11.5. The maximum Gasteiger partial charge on any atom is 0.161 e. The molecule has 1 aromatic rings. The Morgan fingerprint density at radius 1 is 1.21 bits per heavy atom. The zero-order valence-electron chi connectivity index (χ0n) is 11.9. The average Bonchev–Trinajstić information content (AvgIpc) is 2.40. The molecule has 0 aliphatic carbocycles. The minimum Gasteiger partial charge on any atom is -0.493 e. The quantitative estimate of drug-likeness (QED) is 0.806. The first-order chi connectivity index (χ1) is 8.93. The number of methoxy groups -OCH3 is 2. The van der Waals surface area contributed by atoms with E-state index in [-0.39, 0.29) is 12.0 Å². The van der Waals surface area contributed by atoms with Gasteiger partial charge in [0.25, 0.3) is 0 Å².